The summed E-state index contributed by atoms with van der Waals surface area (Å²) in [4.78, 5) is 30.7. The van der Waals surface area contributed by atoms with E-state index in [1.54, 1.807) is 4.90 Å². The van der Waals surface area contributed by atoms with Crippen molar-refractivity contribution in [1.29, 1.82) is 0 Å². The van der Waals surface area contributed by atoms with Crippen LogP contribution < -0.4 is 0 Å². The van der Waals surface area contributed by atoms with E-state index in [1.807, 2.05) is 77.9 Å². The Morgan fingerprint density at radius 1 is 0.780 bits per heavy atom. The number of esters is 1. The fraction of sp³-hybridized carbons (Fsp3) is 0.588. The van der Waals surface area contributed by atoms with Gasteiger partial charge in [-0.2, -0.15) is 0 Å². The summed E-state index contributed by atoms with van der Waals surface area (Å²) in [6.45, 7) is 16.9. The minimum atomic E-state index is -1.27. The van der Waals surface area contributed by atoms with Crippen LogP contribution in [0, 0.1) is 17.8 Å². The SMILES string of the molecule is COC(=O)[C@@H](C(C)C)[C@@H](O)[C@@H](OC(=O)N(C(C)C)C(C)C)[C@H](CC(C)C)N(Cc1ccccc1)Cc1ccccc1. The first-order valence-corrected chi connectivity index (χ1v) is 14.9. The smallest absolute Gasteiger partial charge is 0.410 e. The van der Waals surface area contributed by atoms with Crippen LogP contribution in [0.1, 0.15) is 72.9 Å². The van der Waals surface area contributed by atoms with Crippen LogP contribution in [0.4, 0.5) is 4.79 Å². The van der Waals surface area contributed by atoms with Gasteiger partial charge in [0.15, 0.2) is 0 Å². The Balaban J connectivity index is 2.69. The summed E-state index contributed by atoms with van der Waals surface area (Å²) in [5.74, 6) is -1.39. The number of benzene rings is 2. The van der Waals surface area contributed by atoms with Crippen LogP contribution in [0.2, 0.25) is 0 Å². The van der Waals surface area contributed by atoms with Gasteiger partial charge in [0.2, 0.25) is 0 Å². The molecule has 0 bridgehead atoms. The van der Waals surface area contributed by atoms with Crippen molar-refractivity contribution in [3.8, 4) is 0 Å². The largest absolute Gasteiger partial charge is 0.469 e. The molecule has 0 fully saturated rings. The Labute approximate surface area is 247 Å². The summed E-state index contributed by atoms with van der Waals surface area (Å²) >= 11 is 0. The summed E-state index contributed by atoms with van der Waals surface area (Å²) in [5.41, 5.74) is 2.22. The summed E-state index contributed by atoms with van der Waals surface area (Å²) in [5, 5.41) is 12.0. The van der Waals surface area contributed by atoms with Gasteiger partial charge in [-0.25, -0.2) is 4.79 Å². The van der Waals surface area contributed by atoms with Crippen molar-refractivity contribution in [2.45, 2.75) is 105 Å². The molecule has 0 aliphatic rings. The van der Waals surface area contributed by atoms with E-state index in [0.717, 1.165) is 11.1 Å². The first-order chi connectivity index (χ1) is 19.4. The number of ether oxygens (including phenoxy) is 2. The molecule has 0 saturated heterocycles. The number of carbonyl (C=O) groups excluding carboxylic acids is 2. The third kappa shape index (κ3) is 10.2. The van der Waals surface area contributed by atoms with Crippen LogP contribution >= 0.6 is 0 Å². The van der Waals surface area contributed by atoms with Gasteiger partial charge >= 0.3 is 12.1 Å². The van der Waals surface area contributed by atoms with Crippen LogP contribution in [0.3, 0.4) is 0 Å². The highest BCUT2D eigenvalue weighted by molar-refractivity contribution is 5.73. The summed E-state index contributed by atoms with van der Waals surface area (Å²) in [6.07, 6.45) is -2.11. The maximum absolute atomic E-state index is 13.8. The molecular weight excluding hydrogens is 516 g/mol. The molecular formula is C34H52N2O5. The Morgan fingerprint density at radius 2 is 1.24 bits per heavy atom. The van der Waals surface area contributed by atoms with Crippen molar-refractivity contribution in [1.82, 2.24) is 9.80 Å². The normalized spacial score (nSPS) is 14.8. The third-order valence-electron chi connectivity index (χ3n) is 7.47. The van der Waals surface area contributed by atoms with E-state index >= 15 is 0 Å². The second-order valence-electron chi connectivity index (χ2n) is 12.3. The highest BCUT2D eigenvalue weighted by atomic mass is 16.6. The molecule has 0 heterocycles. The van der Waals surface area contributed by atoms with E-state index in [-0.39, 0.29) is 30.0 Å². The predicted molar refractivity (Wildman–Crippen MR) is 164 cm³/mol. The Bertz CT molecular complexity index is 992. The predicted octanol–water partition coefficient (Wildman–Crippen LogP) is 6.53. The van der Waals surface area contributed by atoms with E-state index in [2.05, 4.69) is 43.0 Å². The van der Waals surface area contributed by atoms with Gasteiger partial charge in [0.05, 0.1) is 19.1 Å². The van der Waals surface area contributed by atoms with Crippen LogP contribution in [-0.4, -0.2) is 64.4 Å². The zero-order chi connectivity index (χ0) is 30.7. The van der Waals surface area contributed by atoms with Gasteiger partial charge in [-0.15, -0.1) is 0 Å². The molecule has 2 rings (SSSR count). The molecule has 0 spiro atoms. The fourth-order valence-electron chi connectivity index (χ4n) is 5.62. The van der Waals surface area contributed by atoms with Crippen LogP contribution in [-0.2, 0) is 27.4 Å². The van der Waals surface area contributed by atoms with E-state index in [9.17, 15) is 14.7 Å². The number of amides is 1. The second-order valence-corrected chi connectivity index (χ2v) is 12.3. The Hall–Kier alpha value is -2.90. The van der Waals surface area contributed by atoms with Gasteiger partial charge in [-0.05, 0) is 57.1 Å². The Morgan fingerprint density at radius 3 is 1.61 bits per heavy atom. The van der Waals surface area contributed by atoms with Gasteiger partial charge < -0.3 is 19.5 Å². The molecule has 7 heteroatoms. The average Bonchev–Trinajstić information content (AvgIpc) is 2.90. The fourth-order valence-corrected chi connectivity index (χ4v) is 5.62. The number of aliphatic hydroxyl groups is 1. The maximum atomic E-state index is 13.8. The van der Waals surface area contributed by atoms with Gasteiger partial charge in [0, 0.05) is 25.2 Å². The number of aliphatic hydroxyl groups excluding tert-OH is 1. The van der Waals surface area contributed by atoms with Gasteiger partial charge in [0.25, 0.3) is 0 Å². The van der Waals surface area contributed by atoms with Crippen molar-refractivity contribution < 1.29 is 24.2 Å². The monoisotopic (exact) mass is 568 g/mol. The lowest BCUT2D eigenvalue weighted by molar-refractivity contribution is -0.159. The van der Waals surface area contributed by atoms with Crippen LogP contribution in [0.5, 0.6) is 0 Å². The van der Waals surface area contributed by atoms with Gasteiger partial charge in [-0.3, -0.25) is 9.69 Å². The topological polar surface area (TPSA) is 79.3 Å². The molecule has 2 aromatic rings. The molecule has 41 heavy (non-hydrogen) atoms. The number of rotatable bonds is 15. The molecule has 0 aromatic heterocycles. The van der Waals surface area contributed by atoms with E-state index in [4.69, 9.17) is 9.47 Å². The van der Waals surface area contributed by atoms with Crippen LogP contribution in [0.15, 0.2) is 60.7 Å². The summed E-state index contributed by atoms with van der Waals surface area (Å²) in [6, 6.07) is 19.7. The average molecular weight is 569 g/mol. The van der Waals surface area contributed by atoms with E-state index in [0.29, 0.717) is 19.5 Å². The first kappa shape index (κ1) is 34.3. The lowest BCUT2D eigenvalue weighted by atomic mass is 9.82. The lowest BCUT2D eigenvalue weighted by Gasteiger charge is -2.42. The quantitative estimate of drug-likeness (QED) is 0.246. The molecule has 2 aromatic carbocycles. The molecule has 1 N–H and O–H groups in total. The van der Waals surface area contributed by atoms with Gasteiger partial charge in [-0.1, -0.05) is 88.4 Å². The van der Waals surface area contributed by atoms with E-state index < -0.39 is 30.2 Å². The lowest BCUT2D eigenvalue weighted by Crippen LogP contribution is -2.56. The molecule has 0 aliphatic carbocycles. The number of methoxy groups -OCH3 is 1. The first-order valence-electron chi connectivity index (χ1n) is 14.9. The minimum absolute atomic E-state index is 0.102. The molecule has 1 amide bonds. The number of nitrogens with zero attached hydrogens (tertiary/aromatic N) is 2. The molecule has 0 saturated carbocycles. The van der Waals surface area contributed by atoms with Crippen molar-refractivity contribution in [2.24, 2.45) is 17.8 Å². The van der Waals surface area contributed by atoms with Crippen molar-refractivity contribution in [2.75, 3.05) is 7.11 Å². The van der Waals surface area contributed by atoms with Gasteiger partial charge in [0.1, 0.15) is 12.2 Å². The van der Waals surface area contributed by atoms with E-state index in [1.165, 1.54) is 7.11 Å². The number of hydrogen-bond donors (Lipinski definition) is 1. The molecule has 4 atom stereocenters. The maximum Gasteiger partial charge on any atom is 0.410 e. The summed E-state index contributed by atoms with van der Waals surface area (Å²) in [7, 11) is 1.33. The number of hydrogen-bond acceptors (Lipinski definition) is 6. The molecule has 0 radical (unpaired) electrons. The molecule has 7 nitrogen and oxygen atoms in total. The zero-order valence-corrected chi connectivity index (χ0v) is 26.5. The second kappa shape index (κ2) is 16.5. The number of carbonyl (C=O) groups is 2. The third-order valence-corrected chi connectivity index (χ3v) is 7.47. The minimum Gasteiger partial charge on any atom is -0.469 e. The summed E-state index contributed by atoms with van der Waals surface area (Å²) < 4.78 is 11.5. The van der Waals surface area contributed by atoms with Crippen molar-refractivity contribution >= 4 is 12.1 Å². The zero-order valence-electron chi connectivity index (χ0n) is 26.5. The van der Waals surface area contributed by atoms with Crippen LogP contribution in [0.25, 0.3) is 0 Å². The Kier molecular flexibility index (Phi) is 13.8. The highest BCUT2D eigenvalue weighted by Gasteiger charge is 2.44. The highest BCUT2D eigenvalue weighted by Crippen LogP contribution is 2.30. The molecule has 228 valence electrons. The molecule has 0 aliphatic heterocycles. The molecule has 0 unspecified atom stereocenters. The van der Waals surface area contributed by atoms with Crippen molar-refractivity contribution in [3.63, 3.8) is 0 Å². The van der Waals surface area contributed by atoms with Crippen molar-refractivity contribution in [3.05, 3.63) is 71.8 Å². The standard InChI is InChI=1S/C34H52N2O5/c1-23(2)20-29(35(21-27-16-12-10-13-17-27)22-28-18-14-11-15-19-28)32(31(37)30(24(3)4)33(38)40-9)41-34(39)36(25(5)6)26(7)8/h10-19,23-26,29-32,37H,20-22H2,1-9H3/t29-,30-,31+,32-/m0/s1.